The van der Waals surface area contributed by atoms with E-state index >= 15 is 0 Å². The van der Waals surface area contributed by atoms with Crippen LogP contribution in [0.1, 0.15) is 16.8 Å². The second kappa shape index (κ2) is 8.94. The second-order valence-electron chi connectivity index (χ2n) is 6.50. The summed E-state index contributed by atoms with van der Waals surface area (Å²) < 4.78 is 33.3. The Morgan fingerprint density at radius 3 is 2.36 bits per heavy atom. The lowest BCUT2D eigenvalue weighted by atomic mass is 10.2. The van der Waals surface area contributed by atoms with E-state index in [2.05, 4.69) is 21.2 Å². The van der Waals surface area contributed by atoms with Crippen molar-refractivity contribution in [3.63, 3.8) is 0 Å². The molecule has 0 aliphatic rings. The van der Waals surface area contributed by atoms with E-state index in [4.69, 9.17) is 4.74 Å². The summed E-state index contributed by atoms with van der Waals surface area (Å²) in [5, 5.41) is 3.36. The highest BCUT2D eigenvalue weighted by atomic mass is 79.9. The first-order valence-corrected chi connectivity index (χ1v) is 11.2. The van der Waals surface area contributed by atoms with Gasteiger partial charge in [0.25, 0.3) is 10.0 Å². The molecule has 1 aromatic heterocycles. The van der Waals surface area contributed by atoms with Gasteiger partial charge in [0.15, 0.2) is 0 Å². The van der Waals surface area contributed by atoms with E-state index in [9.17, 15) is 8.42 Å². The van der Waals surface area contributed by atoms with Gasteiger partial charge in [-0.25, -0.2) is 12.4 Å². The number of halogens is 1. The van der Waals surface area contributed by atoms with Crippen molar-refractivity contribution in [2.45, 2.75) is 24.8 Å². The van der Waals surface area contributed by atoms with Crippen LogP contribution in [0.25, 0.3) is 0 Å². The van der Waals surface area contributed by atoms with Crippen LogP contribution in [0.5, 0.6) is 5.75 Å². The zero-order valence-electron chi connectivity index (χ0n) is 15.9. The van der Waals surface area contributed by atoms with Crippen molar-refractivity contribution in [3.05, 3.63) is 82.1 Å². The van der Waals surface area contributed by atoms with Gasteiger partial charge in [0.05, 0.1) is 12.0 Å². The number of hydrogen-bond donors (Lipinski definition) is 1. The fourth-order valence-corrected chi connectivity index (χ4v) is 4.92. The highest BCUT2D eigenvalue weighted by Crippen LogP contribution is 2.24. The van der Waals surface area contributed by atoms with Gasteiger partial charge in [-0.3, -0.25) is 0 Å². The Kier molecular flexibility index (Phi) is 6.59. The van der Waals surface area contributed by atoms with Gasteiger partial charge in [0, 0.05) is 35.9 Å². The van der Waals surface area contributed by atoms with Crippen LogP contribution in [0.15, 0.2) is 70.2 Å². The number of ether oxygens (including phenoxy) is 1. The maximum atomic E-state index is 13.0. The zero-order valence-corrected chi connectivity index (χ0v) is 18.3. The third-order valence-corrected chi connectivity index (χ3v) is 6.95. The number of nitrogens with one attached hydrogen (secondary N) is 1. The molecule has 0 aliphatic carbocycles. The lowest BCUT2D eigenvalue weighted by molar-refractivity contribution is 0.414. The molecule has 0 fully saturated rings. The van der Waals surface area contributed by atoms with E-state index in [-0.39, 0.29) is 4.90 Å². The lowest BCUT2D eigenvalue weighted by Crippen LogP contribution is -2.21. The van der Waals surface area contributed by atoms with Gasteiger partial charge >= 0.3 is 0 Å². The minimum absolute atomic E-state index is 0.286. The van der Waals surface area contributed by atoms with Gasteiger partial charge in [-0.05, 0) is 58.7 Å². The summed E-state index contributed by atoms with van der Waals surface area (Å²) in [5.41, 5.74) is 2.89. The molecule has 7 heteroatoms. The first-order chi connectivity index (χ1) is 13.4. The topological polar surface area (TPSA) is 60.3 Å². The molecule has 0 saturated carbocycles. The van der Waals surface area contributed by atoms with Crippen LogP contribution < -0.4 is 10.1 Å². The van der Waals surface area contributed by atoms with E-state index in [1.165, 1.54) is 3.97 Å². The van der Waals surface area contributed by atoms with Crippen LogP contribution in [0.3, 0.4) is 0 Å². The maximum Gasteiger partial charge on any atom is 0.267 e. The molecule has 148 valence electrons. The summed E-state index contributed by atoms with van der Waals surface area (Å²) in [6, 6.07) is 16.5. The second-order valence-corrected chi connectivity index (χ2v) is 9.17. The van der Waals surface area contributed by atoms with E-state index in [1.807, 2.05) is 43.3 Å². The number of nitrogens with zero attached hydrogens (tertiary/aromatic N) is 1. The van der Waals surface area contributed by atoms with E-state index in [0.717, 1.165) is 27.0 Å². The van der Waals surface area contributed by atoms with Crippen molar-refractivity contribution in [1.82, 2.24) is 9.29 Å². The molecule has 0 spiro atoms. The molecule has 3 aromatic rings. The van der Waals surface area contributed by atoms with Crippen LogP contribution >= 0.6 is 15.9 Å². The number of aryl methyl sites for hydroxylation is 1. The van der Waals surface area contributed by atoms with Gasteiger partial charge in [-0.15, -0.1) is 0 Å². The molecule has 0 radical (unpaired) electrons. The molecule has 0 aliphatic heterocycles. The molecule has 0 bridgehead atoms. The summed E-state index contributed by atoms with van der Waals surface area (Å²) in [6.07, 6.45) is 2.17. The molecule has 1 N–H and O–H groups in total. The van der Waals surface area contributed by atoms with Gasteiger partial charge < -0.3 is 10.1 Å². The third kappa shape index (κ3) is 4.66. The van der Waals surface area contributed by atoms with Crippen LogP contribution in [-0.2, 0) is 23.0 Å². The van der Waals surface area contributed by atoms with Crippen molar-refractivity contribution < 1.29 is 13.2 Å². The molecule has 0 amide bonds. The molecular weight excluding hydrogens is 440 g/mol. The molecule has 2 aromatic carbocycles. The number of benzene rings is 2. The molecule has 0 saturated heterocycles. The summed E-state index contributed by atoms with van der Waals surface area (Å²) >= 11 is 3.48. The maximum absolute atomic E-state index is 13.0. The van der Waals surface area contributed by atoms with Crippen molar-refractivity contribution >= 4 is 26.0 Å². The molecule has 0 atom stereocenters. The quantitative estimate of drug-likeness (QED) is 0.511. The molecule has 5 nitrogen and oxygen atoms in total. The Morgan fingerprint density at radius 2 is 1.71 bits per heavy atom. The Hall–Kier alpha value is -2.09. The molecule has 28 heavy (non-hydrogen) atoms. The first-order valence-electron chi connectivity index (χ1n) is 8.93. The Morgan fingerprint density at radius 1 is 1.04 bits per heavy atom. The average Bonchev–Trinajstić information content (AvgIpc) is 3.07. The molecule has 3 rings (SSSR count). The summed E-state index contributed by atoms with van der Waals surface area (Å²) in [4.78, 5) is 0.286. The van der Waals surface area contributed by atoms with Crippen LogP contribution in [0.4, 0.5) is 0 Å². The number of rotatable bonds is 8. The van der Waals surface area contributed by atoms with Crippen molar-refractivity contribution in [2.24, 2.45) is 0 Å². The predicted molar refractivity (Wildman–Crippen MR) is 114 cm³/mol. The normalized spacial score (nSPS) is 11.5. The van der Waals surface area contributed by atoms with Crippen LogP contribution in [0, 0.1) is 6.92 Å². The Bertz CT molecular complexity index is 1030. The van der Waals surface area contributed by atoms with E-state index in [1.54, 1.807) is 31.5 Å². The smallest absolute Gasteiger partial charge is 0.267 e. The van der Waals surface area contributed by atoms with E-state index < -0.39 is 10.0 Å². The third-order valence-electron chi connectivity index (χ3n) is 4.50. The summed E-state index contributed by atoms with van der Waals surface area (Å²) in [6.45, 7) is 3.29. The average molecular weight is 463 g/mol. The van der Waals surface area contributed by atoms with Crippen LogP contribution in [0.2, 0.25) is 0 Å². The van der Waals surface area contributed by atoms with Gasteiger partial charge in [-0.1, -0.05) is 29.8 Å². The largest absolute Gasteiger partial charge is 0.497 e. The molecule has 1 heterocycles. The monoisotopic (exact) mass is 462 g/mol. The SMILES string of the molecule is COc1ccc(CNCCc2c(Br)ccn2S(=O)(=O)c2ccc(C)cc2)cc1. The van der Waals surface area contributed by atoms with Gasteiger partial charge in [-0.2, -0.15) is 0 Å². The first kappa shape index (κ1) is 20.6. The fraction of sp³-hybridized carbons (Fsp3) is 0.238. The molecular formula is C21H23BrN2O3S. The highest BCUT2D eigenvalue weighted by Gasteiger charge is 2.21. The number of methoxy groups -OCH3 is 1. The molecule has 0 unspecified atom stereocenters. The minimum atomic E-state index is -3.62. The van der Waals surface area contributed by atoms with E-state index in [0.29, 0.717) is 19.5 Å². The lowest BCUT2D eigenvalue weighted by Gasteiger charge is -2.12. The predicted octanol–water partition coefficient (Wildman–Crippen LogP) is 4.14. The number of aromatic nitrogens is 1. The van der Waals surface area contributed by atoms with Gasteiger partial charge in [0.2, 0.25) is 0 Å². The standard InChI is InChI=1S/C21H23BrN2O3S/c1-16-3-9-19(10-4-16)28(25,26)24-14-12-20(22)21(24)11-13-23-15-17-5-7-18(27-2)8-6-17/h3-10,12,14,23H,11,13,15H2,1-2H3. The minimum Gasteiger partial charge on any atom is -0.497 e. The van der Waals surface area contributed by atoms with Crippen molar-refractivity contribution in [2.75, 3.05) is 13.7 Å². The Labute approximate surface area is 174 Å². The van der Waals surface area contributed by atoms with Crippen molar-refractivity contribution in [3.8, 4) is 5.75 Å². The summed E-state index contributed by atoms with van der Waals surface area (Å²) in [5.74, 6) is 0.826. The van der Waals surface area contributed by atoms with Crippen LogP contribution in [-0.4, -0.2) is 26.0 Å². The van der Waals surface area contributed by atoms with Crippen molar-refractivity contribution in [1.29, 1.82) is 0 Å². The summed E-state index contributed by atoms with van der Waals surface area (Å²) in [7, 11) is -1.97. The highest BCUT2D eigenvalue weighted by molar-refractivity contribution is 9.10. The fourth-order valence-electron chi connectivity index (χ4n) is 2.89. The van der Waals surface area contributed by atoms with Gasteiger partial charge in [0.1, 0.15) is 5.75 Å². The zero-order chi connectivity index (χ0) is 20.1. The number of hydrogen-bond acceptors (Lipinski definition) is 4. The Balaban J connectivity index is 1.68.